The van der Waals surface area contributed by atoms with Crippen molar-refractivity contribution in [1.82, 2.24) is 10.2 Å². The molecule has 1 amide bonds. The highest BCUT2D eigenvalue weighted by atomic mass is 32.1. The van der Waals surface area contributed by atoms with Crippen molar-refractivity contribution >= 4 is 22.4 Å². The van der Waals surface area contributed by atoms with E-state index in [9.17, 15) is 4.79 Å². The van der Waals surface area contributed by atoms with Gasteiger partial charge in [0.2, 0.25) is 11.0 Å². The van der Waals surface area contributed by atoms with Crippen molar-refractivity contribution in [2.75, 3.05) is 5.32 Å². The first-order valence-electron chi connectivity index (χ1n) is 7.02. The molecule has 5 heteroatoms. The lowest BCUT2D eigenvalue weighted by molar-refractivity contribution is -0.118. The molecule has 0 saturated heterocycles. The molecule has 1 aliphatic rings. The number of hydrogen-bond acceptors (Lipinski definition) is 4. The fourth-order valence-electron chi connectivity index (χ4n) is 2.55. The van der Waals surface area contributed by atoms with Crippen LogP contribution in [0.3, 0.4) is 0 Å². The van der Waals surface area contributed by atoms with E-state index in [1.165, 1.54) is 16.9 Å². The van der Waals surface area contributed by atoms with Crippen LogP contribution in [-0.4, -0.2) is 16.1 Å². The van der Waals surface area contributed by atoms with Crippen LogP contribution in [0.1, 0.15) is 52.5 Å². The zero-order valence-electron chi connectivity index (χ0n) is 13.0. The molecule has 1 fully saturated rings. The number of nitrogens with zero attached hydrogens (tertiary/aromatic N) is 2. The molecule has 1 aliphatic carbocycles. The molecule has 1 aromatic rings. The minimum atomic E-state index is 0.0313. The van der Waals surface area contributed by atoms with Gasteiger partial charge in [0.15, 0.2) is 0 Å². The van der Waals surface area contributed by atoms with Gasteiger partial charge in [-0.1, -0.05) is 50.7 Å². The molecule has 1 saturated carbocycles. The molecule has 4 nitrogen and oxygen atoms in total. The van der Waals surface area contributed by atoms with Crippen molar-refractivity contribution in [2.24, 2.45) is 17.3 Å². The van der Waals surface area contributed by atoms with E-state index in [2.05, 4.69) is 63.1 Å². The predicted octanol–water partition coefficient (Wildman–Crippen LogP) is 3.84. The molecular weight excluding hydrogens is 270 g/mol. The lowest BCUT2D eigenvalue weighted by Crippen LogP contribution is -2.16. The number of anilines is 1. The molecule has 2 rings (SSSR count). The molecule has 1 N–H and O–H groups in total. The van der Waals surface area contributed by atoms with Crippen LogP contribution >= 0.6 is 11.3 Å². The fourth-order valence-corrected chi connectivity index (χ4v) is 3.30. The number of aromatic nitrogens is 2. The summed E-state index contributed by atoms with van der Waals surface area (Å²) in [5.74, 6) is 0.756. The van der Waals surface area contributed by atoms with Crippen LogP contribution in [0.25, 0.3) is 0 Å². The SMILES string of the molecule is CC(C)=C[C@@H]1[C@H](C(=O)Nc2nnc(C(C)C)s2)C1(C)C. The molecule has 1 heterocycles. The normalized spacial score (nSPS) is 23.6. The number of rotatable bonds is 4. The van der Waals surface area contributed by atoms with Gasteiger partial charge in [-0.15, -0.1) is 10.2 Å². The van der Waals surface area contributed by atoms with Gasteiger partial charge in [0.1, 0.15) is 5.01 Å². The predicted molar refractivity (Wildman–Crippen MR) is 82.8 cm³/mol. The first-order chi connectivity index (χ1) is 9.23. The standard InChI is InChI=1S/C15H23N3OS/c1-8(2)7-10-11(15(10,5)6)12(19)16-14-18-17-13(20-14)9(3)4/h7,9-11H,1-6H3,(H,16,18,19)/t10-,11-/m1/s1. The Morgan fingerprint density at radius 3 is 2.50 bits per heavy atom. The molecule has 0 radical (unpaired) electrons. The summed E-state index contributed by atoms with van der Waals surface area (Å²) in [6.45, 7) is 12.6. The van der Waals surface area contributed by atoms with E-state index in [0.717, 1.165) is 5.01 Å². The van der Waals surface area contributed by atoms with Gasteiger partial charge in [-0.3, -0.25) is 4.79 Å². The average Bonchev–Trinajstić information content (AvgIpc) is 2.71. The first kappa shape index (κ1) is 15.2. The number of allylic oxidation sites excluding steroid dienone is 2. The van der Waals surface area contributed by atoms with E-state index < -0.39 is 0 Å². The Labute approximate surface area is 124 Å². The number of hydrogen-bond donors (Lipinski definition) is 1. The average molecular weight is 293 g/mol. The maximum absolute atomic E-state index is 12.4. The maximum atomic E-state index is 12.4. The Bertz CT molecular complexity index is 541. The summed E-state index contributed by atoms with van der Waals surface area (Å²) in [7, 11) is 0. The van der Waals surface area contributed by atoms with Gasteiger partial charge in [0, 0.05) is 5.92 Å². The summed E-state index contributed by atoms with van der Waals surface area (Å²) in [5.41, 5.74) is 1.30. The first-order valence-corrected chi connectivity index (χ1v) is 7.84. The van der Waals surface area contributed by atoms with Crippen molar-refractivity contribution in [3.63, 3.8) is 0 Å². The van der Waals surface area contributed by atoms with Gasteiger partial charge in [-0.2, -0.15) is 0 Å². The van der Waals surface area contributed by atoms with E-state index >= 15 is 0 Å². The molecule has 1 aromatic heterocycles. The quantitative estimate of drug-likeness (QED) is 0.858. The van der Waals surface area contributed by atoms with E-state index in [-0.39, 0.29) is 17.2 Å². The summed E-state index contributed by atoms with van der Waals surface area (Å²) in [5, 5.41) is 12.6. The Balaban J connectivity index is 2.04. The number of nitrogens with one attached hydrogen (secondary N) is 1. The van der Waals surface area contributed by atoms with Crippen LogP contribution in [0.4, 0.5) is 5.13 Å². The number of carbonyl (C=O) groups excluding carboxylic acids is 1. The summed E-state index contributed by atoms with van der Waals surface area (Å²) < 4.78 is 0. The molecule has 2 atom stereocenters. The van der Waals surface area contributed by atoms with Crippen molar-refractivity contribution < 1.29 is 4.79 Å². The number of carbonyl (C=O) groups is 1. The fraction of sp³-hybridized carbons (Fsp3) is 0.667. The van der Waals surface area contributed by atoms with Crippen molar-refractivity contribution in [3.8, 4) is 0 Å². The molecule has 20 heavy (non-hydrogen) atoms. The number of amides is 1. The Kier molecular flexibility index (Phi) is 4.00. The zero-order valence-corrected chi connectivity index (χ0v) is 13.8. The van der Waals surface area contributed by atoms with Gasteiger partial charge in [0.25, 0.3) is 0 Å². The molecule has 0 unspecified atom stereocenters. The minimum Gasteiger partial charge on any atom is -0.300 e. The Morgan fingerprint density at radius 1 is 1.35 bits per heavy atom. The highest BCUT2D eigenvalue weighted by Crippen LogP contribution is 2.59. The molecule has 0 aliphatic heterocycles. The van der Waals surface area contributed by atoms with Gasteiger partial charge in [-0.25, -0.2) is 0 Å². The van der Waals surface area contributed by atoms with Gasteiger partial charge in [0.05, 0.1) is 5.92 Å². The van der Waals surface area contributed by atoms with Crippen LogP contribution in [0.5, 0.6) is 0 Å². The van der Waals surface area contributed by atoms with Gasteiger partial charge in [-0.05, 0) is 25.2 Å². The topological polar surface area (TPSA) is 54.9 Å². The zero-order chi connectivity index (χ0) is 15.1. The summed E-state index contributed by atoms with van der Waals surface area (Å²) in [4.78, 5) is 12.4. The third-order valence-electron chi connectivity index (χ3n) is 3.87. The molecule has 110 valence electrons. The van der Waals surface area contributed by atoms with Gasteiger partial charge < -0.3 is 5.32 Å². The van der Waals surface area contributed by atoms with E-state index in [0.29, 0.717) is 17.0 Å². The lowest BCUT2D eigenvalue weighted by Gasteiger charge is -2.02. The second-order valence-electron chi connectivity index (χ2n) is 6.66. The van der Waals surface area contributed by atoms with E-state index in [1.807, 2.05) is 0 Å². The smallest absolute Gasteiger partial charge is 0.230 e. The largest absolute Gasteiger partial charge is 0.300 e. The van der Waals surface area contributed by atoms with Crippen LogP contribution in [0.2, 0.25) is 0 Å². The third-order valence-corrected chi connectivity index (χ3v) is 5.01. The van der Waals surface area contributed by atoms with Crippen LogP contribution in [0, 0.1) is 17.3 Å². The summed E-state index contributed by atoms with van der Waals surface area (Å²) in [6, 6.07) is 0. The van der Waals surface area contributed by atoms with Crippen LogP contribution in [-0.2, 0) is 4.79 Å². The Hall–Kier alpha value is -1.23. The highest BCUT2D eigenvalue weighted by Gasteiger charge is 2.60. The highest BCUT2D eigenvalue weighted by molar-refractivity contribution is 7.15. The van der Waals surface area contributed by atoms with Crippen molar-refractivity contribution in [3.05, 3.63) is 16.7 Å². The maximum Gasteiger partial charge on any atom is 0.230 e. The molecular formula is C15H23N3OS. The molecule has 0 bridgehead atoms. The minimum absolute atomic E-state index is 0.0313. The monoisotopic (exact) mass is 293 g/mol. The van der Waals surface area contributed by atoms with E-state index in [1.54, 1.807) is 0 Å². The summed E-state index contributed by atoms with van der Waals surface area (Å²) >= 11 is 1.46. The lowest BCUT2D eigenvalue weighted by atomic mass is 10.1. The molecule has 0 spiro atoms. The second kappa shape index (κ2) is 5.28. The van der Waals surface area contributed by atoms with Crippen LogP contribution < -0.4 is 5.32 Å². The third kappa shape index (κ3) is 2.92. The van der Waals surface area contributed by atoms with Crippen molar-refractivity contribution in [2.45, 2.75) is 47.5 Å². The van der Waals surface area contributed by atoms with Crippen molar-refractivity contribution in [1.29, 1.82) is 0 Å². The van der Waals surface area contributed by atoms with Crippen LogP contribution in [0.15, 0.2) is 11.6 Å². The van der Waals surface area contributed by atoms with E-state index in [4.69, 9.17) is 0 Å². The molecule has 0 aromatic carbocycles. The second-order valence-corrected chi connectivity index (χ2v) is 7.67. The summed E-state index contributed by atoms with van der Waals surface area (Å²) in [6.07, 6.45) is 2.20. The Morgan fingerprint density at radius 2 is 2.00 bits per heavy atom. The van der Waals surface area contributed by atoms with Gasteiger partial charge >= 0.3 is 0 Å².